The summed E-state index contributed by atoms with van der Waals surface area (Å²) in [7, 11) is 1.56. The molecule has 1 N–H and O–H groups in total. The quantitative estimate of drug-likeness (QED) is 0.914. The fourth-order valence-corrected chi connectivity index (χ4v) is 2.83. The highest BCUT2D eigenvalue weighted by atomic mass is 16.5. The number of pyridine rings is 1. The topological polar surface area (TPSA) is 55.6 Å². The number of aromatic nitrogens is 2. The van der Waals surface area contributed by atoms with Gasteiger partial charge in [0.2, 0.25) is 5.88 Å². The zero-order chi connectivity index (χ0) is 13.9. The lowest BCUT2D eigenvalue weighted by molar-refractivity contribution is 0.372. The van der Waals surface area contributed by atoms with Crippen LogP contribution in [0.4, 0.5) is 0 Å². The van der Waals surface area contributed by atoms with Gasteiger partial charge in [0.15, 0.2) is 0 Å². The molecule has 3 rings (SSSR count). The maximum atomic E-state index is 12.2. The molecule has 2 aromatic rings. The molecular weight excluding hydrogens is 254 g/mol. The number of hydrogen-bond donors (Lipinski definition) is 1. The maximum Gasteiger partial charge on any atom is 0.260 e. The molecule has 20 heavy (non-hydrogen) atoms. The molecule has 1 aliphatic rings. The lowest BCUT2D eigenvalue weighted by Gasteiger charge is -2.22. The predicted octanol–water partition coefficient (Wildman–Crippen LogP) is 1.25. The summed E-state index contributed by atoms with van der Waals surface area (Å²) in [6.45, 7) is 2.11. The van der Waals surface area contributed by atoms with Gasteiger partial charge in [-0.05, 0) is 50.4 Å². The summed E-state index contributed by atoms with van der Waals surface area (Å²) in [5.74, 6) is 1.09. The van der Waals surface area contributed by atoms with Gasteiger partial charge in [-0.25, -0.2) is 9.38 Å². The largest absolute Gasteiger partial charge is 0.482 e. The van der Waals surface area contributed by atoms with Crippen LogP contribution in [0.25, 0.3) is 5.65 Å². The summed E-state index contributed by atoms with van der Waals surface area (Å²) in [6, 6.07) is 7.09. The van der Waals surface area contributed by atoms with Crippen LogP contribution in [-0.2, 0) is 6.42 Å². The summed E-state index contributed by atoms with van der Waals surface area (Å²) < 4.78 is 6.71. The Labute approximate surface area is 117 Å². The highest BCUT2D eigenvalue weighted by Gasteiger charge is 2.15. The molecule has 0 radical (unpaired) electrons. The number of nitrogens with zero attached hydrogens (tertiary/aromatic N) is 2. The molecule has 0 bridgehead atoms. The van der Waals surface area contributed by atoms with Gasteiger partial charge in [0.1, 0.15) is 5.65 Å². The van der Waals surface area contributed by atoms with Crippen LogP contribution >= 0.6 is 0 Å². The molecule has 0 saturated carbocycles. The Morgan fingerprint density at radius 3 is 3.15 bits per heavy atom. The first-order valence-corrected chi connectivity index (χ1v) is 7.04. The lowest BCUT2D eigenvalue weighted by atomic mass is 9.94. The van der Waals surface area contributed by atoms with Crippen LogP contribution in [-0.4, -0.2) is 29.6 Å². The average molecular weight is 273 g/mol. The van der Waals surface area contributed by atoms with E-state index < -0.39 is 0 Å². The fraction of sp³-hybridized carbons (Fsp3) is 0.467. The number of hydrogen-bond acceptors (Lipinski definition) is 4. The van der Waals surface area contributed by atoms with Crippen LogP contribution in [0.15, 0.2) is 29.1 Å². The summed E-state index contributed by atoms with van der Waals surface area (Å²) >= 11 is 0. The molecule has 1 atom stereocenters. The maximum absolute atomic E-state index is 12.2. The molecule has 106 valence electrons. The molecule has 5 heteroatoms. The van der Waals surface area contributed by atoms with Gasteiger partial charge in [-0.3, -0.25) is 4.79 Å². The van der Waals surface area contributed by atoms with Crippen molar-refractivity contribution in [3.8, 4) is 5.88 Å². The number of ether oxygens (including phenoxy) is 1. The van der Waals surface area contributed by atoms with E-state index in [-0.39, 0.29) is 5.56 Å². The summed E-state index contributed by atoms with van der Waals surface area (Å²) in [4.78, 5) is 16.8. The molecule has 1 unspecified atom stereocenters. The highest BCUT2D eigenvalue weighted by molar-refractivity contribution is 5.42. The third kappa shape index (κ3) is 2.54. The summed E-state index contributed by atoms with van der Waals surface area (Å²) in [5.41, 5.74) is 1.44. The predicted molar refractivity (Wildman–Crippen MR) is 77.3 cm³/mol. The molecule has 3 heterocycles. The monoisotopic (exact) mass is 273 g/mol. The molecule has 1 aliphatic heterocycles. The van der Waals surface area contributed by atoms with E-state index in [1.807, 2.05) is 12.1 Å². The van der Waals surface area contributed by atoms with Crippen LogP contribution in [0.3, 0.4) is 0 Å². The van der Waals surface area contributed by atoms with E-state index in [2.05, 4.69) is 10.3 Å². The van der Waals surface area contributed by atoms with E-state index in [9.17, 15) is 4.79 Å². The van der Waals surface area contributed by atoms with E-state index in [1.165, 1.54) is 17.2 Å². The Hall–Kier alpha value is -1.88. The van der Waals surface area contributed by atoms with E-state index in [4.69, 9.17) is 4.74 Å². The molecule has 2 aromatic heterocycles. The smallest absolute Gasteiger partial charge is 0.260 e. The molecule has 0 amide bonds. The van der Waals surface area contributed by atoms with Crippen molar-refractivity contribution in [3.63, 3.8) is 0 Å². The lowest BCUT2D eigenvalue weighted by Crippen LogP contribution is -2.31. The van der Waals surface area contributed by atoms with Crippen molar-refractivity contribution < 1.29 is 4.74 Å². The van der Waals surface area contributed by atoms with Crippen LogP contribution in [0.1, 0.15) is 18.5 Å². The first-order valence-electron chi connectivity index (χ1n) is 7.04. The first kappa shape index (κ1) is 13.1. The fourth-order valence-electron chi connectivity index (χ4n) is 2.83. The number of methoxy groups -OCH3 is 1. The van der Waals surface area contributed by atoms with Crippen molar-refractivity contribution in [3.05, 3.63) is 40.3 Å². The third-order valence-corrected chi connectivity index (χ3v) is 3.81. The average Bonchev–Trinajstić information content (AvgIpc) is 2.47. The second kappa shape index (κ2) is 5.63. The summed E-state index contributed by atoms with van der Waals surface area (Å²) in [5, 5.41) is 3.39. The van der Waals surface area contributed by atoms with Crippen molar-refractivity contribution in [1.29, 1.82) is 0 Å². The van der Waals surface area contributed by atoms with Gasteiger partial charge in [0, 0.05) is 11.8 Å². The zero-order valence-corrected chi connectivity index (χ0v) is 11.6. The second-order valence-electron chi connectivity index (χ2n) is 5.26. The molecule has 5 nitrogen and oxygen atoms in total. The normalized spacial score (nSPS) is 19.1. The molecule has 1 saturated heterocycles. The minimum atomic E-state index is -0.0776. The summed E-state index contributed by atoms with van der Waals surface area (Å²) in [6.07, 6.45) is 3.26. The van der Waals surface area contributed by atoms with Crippen molar-refractivity contribution >= 4 is 5.65 Å². The van der Waals surface area contributed by atoms with Crippen molar-refractivity contribution in [1.82, 2.24) is 14.7 Å². The van der Waals surface area contributed by atoms with E-state index in [0.29, 0.717) is 17.4 Å². The second-order valence-corrected chi connectivity index (χ2v) is 5.26. The molecular formula is C15H19N3O2. The van der Waals surface area contributed by atoms with E-state index in [1.54, 1.807) is 19.2 Å². The van der Waals surface area contributed by atoms with Crippen molar-refractivity contribution in [2.75, 3.05) is 20.2 Å². The van der Waals surface area contributed by atoms with Gasteiger partial charge in [0.25, 0.3) is 5.56 Å². The van der Waals surface area contributed by atoms with Crippen LogP contribution < -0.4 is 15.6 Å². The Balaban J connectivity index is 1.95. The standard InChI is InChI=1S/C15H19N3O2/c1-20-15-6-2-5-13-17-12(9-14(19)18(13)15)8-11-4-3-7-16-10-11/h2,5-6,9,11,16H,3-4,7-8,10H2,1H3. The zero-order valence-electron chi connectivity index (χ0n) is 11.6. The van der Waals surface area contributed by atoms with Crippen LogP contribution in [0.5, 0.6) is 5.88 Å². The Bertz CT molecular complexity index is 660. The molecule has 0 spiro atoms. The van der Waals surface area contributed by atoms with Gasteiger partial charge >= 0.3 is 0 Å². The Kier molecular flexibility index (Phi) is 3.69. The van der Waals surface area contributed by atoms with Gasteiger partial charge in [-0.1, -0.05) is 6.07 Å². The number of fused-ring (bicyclic) bond motifs is 1. The van der Waals surface area contributed by atoms with E-state index >= 15 is 0 Å². The SMILES string of the molecule is COc1cccc2nc(CC3CCCNC3)cc(=O)n12. The minimum Gasteiger partial charge on any atom is -0.482 e. The van der Waals surface area contributed by atoms with Crippen molar-refractivity contribution in [2.45, 2.75) is 19.3 Å². The van der Waals surface area contributed by atoms with Crippen LogP contribution in [0.2, 0.25) is 0 Å². The third-order valence-electron chi connectivity index (χ3n) is 3.81. The highest BCUT2D eigenvalue weighted by Crippen LogP contribution is 2.16. The Morgan fingerprint density at radius 1 is 1.50 bits per heavy atom. The van der Waals surface area contributed by atoms with Crippen molar-refractivity contribution in [2.24, 2.45) is 5.92 Å². The number of nitrogens with one attached hydrogen (secondary N) is 1. The number of piperidine rings is 1. The van der Waals surface area contributed by atoms with Crippen LogP contribution in [0, 0.1) is 5.92 Å². The van der Waals surface area contributed by atoms with Gasteiger partial charge in [-0.2, -0.15) is 0 Å². The van der Waals surface area contributed by atoms with E-state index in [0.717, 1.165) is 25.2 Å². The van der Waals surface area contributed by atoms with Gasteiger partial charge < -0.3 is 10.1 Å². The Morgan fingerprint density at radius 2 is 2.40 bits per heavy atom. The number of rotatable bonds is 3. The first-order chi connectivity index (χ1) is 9.78. The molecule has 1 fully saturated rings. The minimum absolute atomic E-state index is 0.0776. The van der Waals surface area contributed by atoms with Gasteiger partial charge in [-0.15, -0.1) is 0 Å². The molecule has 0 aliphatic carbocycles. The van der Waals surface area contributed by atoms with Gasteiger partial charge in [0.05, 0.1) is 7.11 Å². The molecule has 0 aromatic carbocycles.